The van der Waals surface area contributed by atoms with Gasteiger partial charge in [0.2, 0.25) is 5.95 Å². The van der Waals surface area contributed by atoms with Crippen LogP contribution in [0, 0.1) is 22.7 Å². The molecule has 8 heteroatoms. The van der Waals surface area contributed by atoms with E-state index in [0.717, 1.165) is 49.5 Å². The van der Waals surface area contributed by atoms with Crippen LogP contribution in [0.1, 0.15) is 18.9 Å². The van der Waals surface area contributed by atoms with Crippen molar-refractivity contribution in [2.24, 2.45) is 11.3 Å². The topological polar surface area (TPSA) is 97.6 Å². The lowest BCUT2D eigenvalue weighted by molar-refractivity contribution is 0.216. The highest BCUT2D eigenvalue weighted by molar-refractivity contribution is 5.87. The van der Waals surface area contributed by atoms with Gasteiger partial charge in [0.05, 0.1) is 23.3 Å². The molecule has 3 aromatic heterocycles. The third-order valence-electron chi connectivity index (χ3n) is 5.96. The minimum Gasteiger partial charge on any atom is -0.355 e. The summed E-state index contributed by atoms with van der Waals surface area (Å²) in [4.78, 5) is 25.5. The van der Waals surface area contributed by atoms with Crippen LogP contribution in [0.3, 0.4) is 0 Å². The fourth-order valence-electron chi connectivity index (χ4n) is 4.55. The zero-order valence-electron chi connectivity index (χ0n) is 15.1. The molecule has 3 aromatic rings. The van der Waals surface area contributed by atoms with Crippen LogP contribution in [0.4, 0.5) is 11.8 Å². The first-order valence-electron chi connectivity index (χ1n) is 9.16. The highest BCUT2D eigenvalue weighted by atomic mass is 15.3. The van der Waals surface area contributed by atoms with Crippen LogP contribution in [-0.4, -0.2) is 51.1 Å². The second kappa shape index (κ2) is 5.91. The number of hydrogen-bond acceptors (Lipinski definition) is 7. The summed E-state index contributed by atoms with van der Waals surface area (Å²) in [6.45, 7) is 6.14. The predicted molar refractivity (Wildman–Crippen MR) is 101 cm³/mol. The summed E-state index contributed by atoms with van der Waals surface area (Å²) < 4.78 is 0. The lowest BCUT2D eigenvalue weighted by Gasteiger charge is -2.42. The monoisotopic (exact) mass is 360 g/mol. The van der Waals surface area contributed by atoms with E-state index in [1.807, 2.05) is 12.3 Å². The second-order valence-electron chi connectivity index (χ2n) is 7.76. The molecule has 0 saturated carbocycles. The molecule has 0 aliphatic carbocycles. The van der Waals surface area contributed by atoms with Gasteiger partial charge in [0.1, 0.15) is 23.9 Å². The van der Waals surface area contributed by atoms with Gasteiger partial charge in [0, 0.05) is 37.8 Å². The number of aromatic amines is 1. The lowest BCUT2D eigenvalue weighted by atomic mass is 9.75. The van der Waals surface area contributed by atoms with Gasteiger partial charge in [-0.25, -0.2) is 19.9 Å². The predicted octanol–water partition coefficient (Wildman–Crippen LogP) is 1.97. The smallest absolute Gasteiger partial charge is 0.225 e. The van der Waals surface area contributed by atoms with Crippen molar-refractivity contribution in [3.8, 4) is 6.07 Å². The number of anilines is 2. The fraction of sp³-hybridized carbons (Fsp3) is 0.421. The molecule has 0 spiro atoms. The van der Waals surface area contributed by atoms with Crippen molar-refractivity contribution in [1.82, 2.24) is 24.9 Å². The number of piperidine rings is 1. The van der Waals surface area contributed by atoms with Crippen LogP contribution >= 0.6 is 0 Å². The van der Waals surface area contributed by atoms with Crippen molar-refractivity contribution < 1.29 is 0 Å². The highest BCUT2D eigenvalue weighted by Crippen LogP contribution is 2.44. The Hall–Kier alpha value is -3.21. The van der Waals surface area contributed by atoms with Gasteiger partial charge in [-0.05, 0) is 18.4 Å². The molecular weight excluding hydrogens is 340 g/mol. The van der Waals surface area contributed by atoms with E-state index in [-0.39, 0.29) is 5.41 Å². The molecule has 0 amide bonds. The Balaban J connectivity index is 1.40. The quantitative estimate of drug-likeness (QED) is 0.746. The minimum absolute atomic E-state index is 0.142. The maximum Gasteiger partial charge on any atom is 0.225 e. The third-order valence-corrected chi connectivity index (χ3v) is 5.96. The Bertz CT molecular complexity index is 1020. The zero-order valence-corrected chi connectivity index (χ0v) is 15.1. The molecule has 2 aliphatic heterocycles. The Labute approximate surface area is 156 Å². The Kier molecular flexibility index (Phi) is 3.50. The van der Waals surface area contributed by atoms with Crippen LogP contribution < -0.4 is 9.80 Å². The van der Waals surface area contributed by atoms with Crippen LogP contribution in [0.15, 0.2) is 31.0 Å². The Morgan fingerprint density at radius 2 is 2.00 bits per heavy atom. The largest absolute Gasteiger partial charge is 0.355 e. The number of nitrogens with zero attached hydrogens (tertiary/aromatic N) is 7. The molecule has 2 saturated heterocycles. The number of nitriles is 1. The van der Waals surface area contributed by atoms with Crippen molar-refractivity contribution in [1.29, 1.82) is 5.26 Å². The number of hydrogen-bond donors (Lipinski definition) is 1. The van der Waals surface area contributed by atoms with Gasteiger partial charge in [-0.2, -0.15) is 5.26 Å². The van der Waals surface area contributed by atoms with E-state index in [2.05, 4.69) is 47.7 Å². The molecule has 0 unspecified atom stereocenters. The molecule has 0 radical (unpaired) electrons. The molecular formula is C19H20N8. The summed E-state index contributed by atoms with van der Waals surface area (Å²) in [7, 11) is 0. The molecule has 8 nitrogen and oxygen atoms in total. The summed E-state index contributed by atoms with van der Waals surface area (Å²) >= 11 is 0. The van der Waals surface area contributed by atoms with E-state index in [0.29, 0.717) is 17.4 Å². The molecule has 5 rings (SSSR count). The second-order valence-corrected chi connectivity index (χ2v) is 7.76. The number of aromatic nitrogens is 5. The summed E-state index contributed by atoms with van der Waals surface area (Å²) in [5.41, 5.74) is 1.52. The van der Waals surface area contributed by atoms with E-state index in [1.165, 1.54) is 0 Å². The first-order valence-corrected chi connectivity index (χ1v) is 9.16. The summed E-state index contributed by atoms with van der Waals surface area (Å²) in [5.74, 6) is 2.32. The fourth-order valence-corrected chi connectivity index (χ4v) is 4.55. The van der Waals surface area contributed by atoms with Gasteiger partial charge in [0.25, 0.3) is 0 Å². The molecule has 5 heterocycles. The molecule has 27 heavy (non-hydrogen) atoms. The van der Waals surface area contributed by atoms with Crippen molar-refractivity contribution in [2.75, 3.05) is 36.0 Å². The molecule has 2 aliphatic rings. The summed E-state index contributed by atoms with van der Waals surface area (Å²) in [6, 6.07) is 4.12. The van der Waals surface area contributed by atoms with E-state index in [4.69, 9.17) is 5.26 Å². The standard InChI is InChI=1S/C19H20N8/c1-19-10-26(17-15-2-4-21-16(15)24-12-25-17)5-3-14(19)9-27(11-19)18-22-7-13(6-20)8-23-18/h2,4,7-8,12,14H,3,5,9-11H2,1H3,(H,21,24,25)/t14-,19+/m1/s1. The summed E-state index contributed by atoms with van der Waals surface area (Å²) in [6.07, 6.45) is 7.86. The van der Waals surface area contributed by atoms with E-state index in [1.54, 1.807) is 18.7 Å². The van der Waals surface area contributed by atoms with E-state index < -0.39 is 0 Å². The average molecular weight is 360 g/mol. The SMILES string of the molecule is C[C@]12CN(c3ncc(C#N)cn3)C[C@H]1CCN(c1ncnc3[nH]ccc13)C2. The molecule has 1 N–H and O–H groups in total. The van der Waals surface area contributed by atoms with E-state index >= 15 is 0 Å². The normalized spacial score (nSPS) is 24.8. The highest BCUT2D eigenvalue weighted by Gasteiger charge is 2.47. The van der Waals surface area contributed by atoms with Crippen molar-refractivity contribution in [3.05, 3.63) is 36.5 Å². The maximum absolute atomic E-state index is 8.94. The molecule has 0 bridgehead atoms. The number of rotatable bonds is 2. The molecule has 136 valence electrons. The van der Waals surface area contributed by atoms with Crippen LogP contribution in [-0.2, 0) is 0 Å². The molecule has 2 fully saturated rings. The van der Waals surface area contributed by atoms with Gasteiger partial charge in [-0.15, -0.1) is 0 Å². The van der Waals surface area contributed by atoms with Gasteiger partial charge in [0.15, 0.2) is 0 Å². The Morgan fingerprint density at radius 3 is 2.81 bits per heavy atom. The average Bonchev–Trinajstić information content (AvgIpc) is 3.31. The molecule has 2 atom stereocenters. The number of H-pyrrole nitrogens is 1. The Morgan fingerprint density at radius 1 is 1.19 bits per heavy atom. The zero-order chi connectivity index (χ0) is 18.4. The third kappa shape index (κ3) is 2.58. The van der Waals surface area contributed by atoms with Gasteiger partial charge >= 0.3 is 0 Å². The maximum atomic E-state index is 8.94. The van der Waals surface area contributed by atoms with Crippen molar-refractivity contribution >= 4 is 22.8 Å². The van der Waals surface area contributed by atoms with E-state index in [9.17, 15) is 0 Å². The lowest BCUT2D eigenvalue weighted by Crippen LogP contribution is -2.47. The molecule has 0 aromatic carbocycles. The van der Waals surface area contributed by atoms with Crippen LogP contribution in [0.5, 0.6) is 0 Å². The van der Waals surface area contributed by atoms with Crippen LogP contribution in [0.25, 0.3) is 11.0 Å². The minimum atomic E-state index is 0.142. The summed E-state index contributed by atoms with van der Waals surface area (Å²) in [5, 5.41) is 10.0. The van der Waals surface area contributed by atoms with Crippen molar-refractivity contribution in [3.63, 3.8) is 0 Å². The van der Waals surface area contributed by atoms with Crippen molar-refractivity contribution in [2.45, 2.75) is 13.3 Å². The van der Waals surface area contributed by atoms with Gasteiger partial charge < -0.3 is 14.8 Å². The number of nitrogens with one attached hydrogen (secondary N) is 1. The van der Waals surface area contributed by atoms with Gasteiger partial charge in [-0.1, -0.05) is 6.92 Å². The first kappa shape index (κ1) is 16.0. The first-order chi connectivity index (χ1) is 13.2. The number of fused-ring (bicyclic) bond motifs is 2. The van der Waals surface area contributed by atoms with Crippen LogP contribution in [0.2, 0.25) is 0 Å². The van der Waals surface area contributed by atoms with Gasteiger partial charge in [-0.3, -0.25) is 0 Å².